The Bertz CT molecular complexity index is 374. The van der Waals surface area contributed by atoms with Crippen molar-refractivity contribution in [3.05, 3.63) is 35.9 Å². The Labute approximate surface area is 120 Å². The van der Waals surface area contributed by atoms with Crippen LogP contribution in [0.5, 0.6) is 0 Å². The first-order valence-corrected chi connectivity index (χ1v) is 8.41. The lowest BCUT2D eigenvalue weighted by molar-refractivity contribution is -0.119. The summed E-state index contributed by atoms with van der Waals surface area (Å²) in [6.45, 7) is 0. The average Bonchev–Trinajstić information content (AvgIpc) is 2.46. The van der Waals surface area contributed by atoms with Crippen LogP contribution < -0.4 is 5.32 Å². The topological polar surface area (TPSA) is 29.1 Å². The second kappa shape index (κ2) is 8.26. The van der Waals surface area contributed by atoms with E-state index in [-0.39, 0.29) is 5.91 Å². The molecule has 1 aromatic carbocycles. The third-order valence-corrected chi connectivity index (χ3v) is 4.54. The summed E-state index contributed by atoms with van der Waals surface area (Å²) in [4.78, 5) is 11.8. The van der Waals surface area contributed by atoms with Gasteiger partial charge in [-0.15, -0.1) is 0 Å². The maximum absolute atomic E-state index is 11.8. The van der Waals surface area contributed by atoms with E-state index in [1.807, 2.05) is 6.07 Å². The molecule has 0 atom stereocenters. The molecule has 1 saturated carbocycles. The summed E-state index contributed by atoms with van der Waals surface area (Å²) in [5.41, 5.74) is 1.35. The lowest BCUT2D eigenvalue weighted by atomic mass is 9.95. The van der Waals surface area contributed by atoms with Crippen LogP contribution in [-0.2, 0) is 11.2 Å². The zero-order valence-corrected chi connectivity index (χ0v) is 12.3. The van der Waals surface area contributed by atoms with Crippen molar-refractivity contribution in [1.82, 2.24) is 5.32 Å². The van der Waals surface area contributed by atoms with Crippen molar-refractivity contribution < 1.29 is 4.79 Å². The fourth-order valence-corrected chi connectivity index (χ4v) is 3.31. The molecule has 1 aliphatic rings. The maximum Gasteiger partial charge on any atom is 0.230 e. The van der Waals surface area contributed by atoms with E-state index in [0.717, 1.165) is 12.2 Å². The summed E-state index contributed by atoms with van der Waals surface area (Å²) in [6, 6.07) is 10.9. The van der Waals surface area contributed by atoms with E-state index < -0.39 is 0 Å². The average molecular weight is 277 g/mol. The van der Waals surface area contributed by atoms with E-state index in [0.29, 0.717) is 11.8 Å². The smallest absolute Gasteiger partial charge is 0.230 e. The lowest BCUT2D eigenvalue weighted by Gasteiger charge is -2.22. The van der Waals surface area contributed by atoms with Gasteiger partial charge in [0.15, 0.2) is 0 Å². The van der Waals surface area contributed by atoms with E-state index in [4.69, 9.17) is 0 Å². The lowest BCUT2D eigenvalue weighted by Crippen LogP contribution is -2.37. The van der Waals surface area contributed by atoms with Gasteiger partial charge in [-0.05, 0) is 30.6 Å². The highest BCUT2D eigenvalue weighted by Gasteiger charge is 2.15. The predicted octanol–water partition coefficient (Wildman–Crippen LogP) is 3.41. The Hall–Kier alpha value is -0.960. The minimum absolute atomic E-state index is 0.213. The molecule has 0 radical (unpaired) electrons. The number of carbonyl (C=O) groups is 1. The monoisotopic (exact) mass is 277 g/mol. The van der Waals surface area contributed by atoms with Crippen LogP contribution in [0, 0.1) is 0 Å². The molecule has 0 bridgehead atoms. The Balaban J connectivity index is 1.56. The van der Waals surface area contributed by atoms with Crippen molar-refractivity contribution in [2.24, 2.45) is 0 Å². The number of carbonyl (C=O) groups excluding carboxylic acids is 1. The highest BCUT2D eigenvalue weighted by Crippen LogP contribution is 2.17. The summed E-state index contributed by atoms with van der Waals surface area (Å²) < 4.78 is 0. The van der Waals surface area contributed by atoms with Crippen LogP contribution in [0.25, 0.3) is 0 Å². The van der Waals surface area contributed by atoms with Crippen molar-refractivity contribution in [2.75, 3.05) is 11.5 Å². The molecule has 1 amide bonds. The predicted molar refractivity (Wildman–Crippen MR) is 82.5 cm³/mol. The highest BCUT2D eigenvalue weighted by atomic mass is 32.2. The van der Waals surface area contributed by atoms with Gasteiger partial charge in [0.25, 0.3) is 0 Å². The molecular formula is C16H23NOS. The van der Waals surface area contributed by atoms with Crippen LogP contribution >= 0.6 is 11.8 Å². The number of hydrogen-bond donors (Lipinski definition) is 1. The van der Waals surface area contributed by atoms with Crippen LogP contribution in [0.3, 0.4) is 0 Å². The van der Waals surface area contributed by atoms with Gasteiger partial charge in [-0.25, -0.2) is 0 Å². The molecule has 2 rings (SSSR count). The molecule has 2 nitrogen and oxygen atoms in total. The van der Waals surface area contributed by atoms with Crippen LogP contribution in [-0.4, -0.2) is 23.5 Å². The maximum atomic E-state index is 11.8. The molecule has 1 aromatic rings. The molecule has 0 aromatic heterocycles. The Morgan fingerprint density at radius 2 is 1.89 bits per heavy atom. The van der Waals surface area contributed by atoms with Gasteiger partial charge >= 0.3 is 0 Å². The number of rotatable bonds is 6. The molecule has 0 spiro atoms. The Kier molecular flexibility index (Phi) is 6.28. The first kappa shape index (κ1) is 14.4. The van der Waals surface area contributed by atoms with Gasteiger partial charge in [-0.2, -0.15) is 11.8 Å². The Morgan fingerprint density at radius 3 is 2.63 bits per heavy atom. The molecule has 19 heavy (non-hydrogen) atoms. The number of benzene rings is 1. The van der Waals surface area contributed by atoms with Crippen LogP contribution in [0.4, 0.5) is 0 Å². The summed E-state index contributed by atoms with van der Waals surface area (Å²) >= 11 is 1.73. The quantitative estimate of drug-likeness (QED) is 0.807. The van der Waals surface area contributed by atoms with Gasteiger partial charge in [0.05, 0.1) is 5.75 Å². The van der Waals surface area contributed by atoms with Gasteiger partial charge in [-0.3, -0.25) is 4.79 Å². The minimum Gasteiger partial charge on any atom is -0.353 e. The third kappa shape index (κ3) is 5.68. The molecule has 1 aliphatic carbocycles. The molecule has 1 N–H and O–H groups in total. The summed E-state index contributed by atoms with van der Waals surface area (Å²) in [6.07, 6.45) is 7.25. The van der Waals surface area contributed by atoms with Gasteiger partial charge in [0.1, 0.15) is 0 Å². The van der Waals surface area contributed by atoms with Crippen LogP contribution in [0.2, 0.25) is 0 Å². The fourth-order valence-electron chi connectivity index (χ4n) is 2.52. The molecular weight excluding hydrogens is 254 g/mol. The number of thioether (sulfide) groups is 1. The highest BCUT2D eigenvalue weighted by molar-refractivity contribution is 7.99. The zero-order valence-electron chi connectivity index (χ0n) is 11.4. The first-order chi connectivity index (χ1) is 9.34. The molecule has 3 heteroatoms. The minimum atomic E-state index is 0.213. The summed E-state index contributed by atoms with van der Waals surface area (Å²) in [7, 11) is 0. The molecule has 1 fully saturated rings. The SMILES string of the molecule is O=C(CSCCc1ccccc1)NC1CCCCC1. The Morgan fingerprint density at radius 1 is 1.16 bits per heavy atom. The second-order valence-corrected chi connectivity index (χ2v) is 6.30. The molecule has 0 saturated heterocycles. The number of hydrogen-bond acceptors (Lipinski definition) is 2. The normalized spacial score (nSPS) is 16.2. The van der Waals surface area contributed by atoms with Gasteiger partial charge in [0, 0.05) is 6.04 Å². The van der Waals surface area contributed by atoms with Crippen molar-refractivity contribution >= 4 is 17.7 Å². The molecule has 104 valence electrons. The van der Waals surface area contributed by atoms with Crippen LogP contribution in [0.1, 0.15) is 37.7 Å². The second-order valence-electron chi connectivity index (χ2n) is 5.19. The van der Waals surface area contributed by atoms with Gasteiger partial charge in [-0.1, -0.05) is 49.6 Å². The van der Waals surface area contributed by atoms with Crippen molar-refractivity contribution in [3.8, 4) is 0 Å². The fraction of sp³-hybridized carbons (Fsp3) is 0.562. The number of amides is 1. The van der Waals surface area contributed by atoms with E-state index in [1.54, 1.807) is 11.8 Å². The standard InChI is InChI=1S/C16H23NOS/c18-16(17-15-9-5-2-6-10-15)13-19-12-11-14-7-3-1-4-8-14/h1,3-4,7-8,15H,2,5-6,9-13H2,(H,17,18). The van der Waals surface area contributed by atoms with Gasteiger partial charge < -0.3 is 5.32 Å². The van der Waals surface area contributed by atoms with Crippen molar-refractivity contribution in [1.29, 1.82) is 0 Å². The first-order valence-electron chi connectivity index (χ1n) is 7.25. The van der Waals surface area contributed by atoms with E-state index in [9.17, 15) is 4.79 Å². The number of nitrogens with one attached hydrogen (secondary N) is 1. The van der Waals surface area contributed by atoms with Crippen molar-refractivity contribution in [2.45, 2.75) is 44.6 Å². The summed E-state index contributed by atoms with van der Waals surface area (Å²) in [5, 5.41) is 3.16. The number of aryl methyl sites for hydroxylation is 1. The van der Waals surface area contributed by atoms with Crippen LogP contribution in [0.15, 0.2) is 30.3 Å². The van der Waals surface area contributed by atoms with E-state index in [2.05, 4.69) is 29.6 Å². The molecule has 0 heterocycles. The zero-order chi connectivity index (χ0) is 13.3. The van der Waals surface area contributed by atoms with Crippen molar-refractivity contribution in [3.63, 3.8) is 0 Å². The summed E-state index contributed by atoms with van der Waals surface area (Å²) in [5.74, 6) is 1.83. The van der Waals surface area contributed by atoms with E-state index >= 15 is 0 Å². The van der Waals surface area contributed by atoms with Gasteiger partial charge in [0.2, 0.25) is 5.91 Å². The third-order valence-electron chi connectivity index (χ3n) is 3.58. The largest absolute Gasteiger partial charge is 0.353 e. The molecule has 0 aliphatic heterocycles. The van der Waals surface area contributed by atoms with E-state index in [1.165, 1.54) is 37.7 Å². The molecule has 0 unspecified atom stereocenters.